The molecule has 0 radical (unpaired) electrons. The van der Waals surface area contributed by atoms with Crippen molar-refractivity contribution in [3.63, 3.8) is 0 Å². The number of unbranched alkanes of at least 4 members (excludes halogenated alkanes) is 5. The predicted molar refractivity (Wildman–Crippen MR) is 78.4 cm³/mol. The molecule has 0 spiro atoms. The third-order valence-electron chi connectivity index (χ3n) is 4.03. The summed E-state index contributed by atoms with van der Waals surface area (Å²) in [4.78, 5) is 2.47. The minimum atomic E-state index is 0.210. The smallest absolute Gasteiger partial charge is 0.0300 e. The van der Waals surface area contributed by atoms with E-state index in [9.17, 15) is 0 Å². The van der Waals surface area contributed by atoms with Gasteiger partial charge in [-0.3, -0.25) is 4.90 Å². The molecule has 0 aromatic rings. The summed E-state index contributed by atoms with van der Waals surface area (Å²) in [7, 11) is 2.23. The maximum Gasteiger partial charge on any atom is 0.0300 e. The van der Waals surface area contributed by atoms with E-state index in [1.54, 1.807) is 0 Å². The molecule has 1 atom stereocenters. The van der Waals surface area contributed by atoms with Crippen LogP contribution in [0.15, 0.2) is 0 Å². The van der Waals surface area contributed by atoms with Gasteiger partial charge in [0, 0.05) is 12.1 Å². The molecule has 0 heterocycles. The van der Waals surface area contributed by atoms with Crippen molar-refractivity contribution in [1.82, 2.24) is 4.90 Å². The molecule has 0 rings (SSSR count). The second-order valence-electron chi connectivity index (χ2n) is 5.64. The first-order valence-electron chi connectivity index (χ1n) is 7.52. The molecule has 104 valence electrons. The maximum atomic E-state index is 5.98. The fraction of sp³-hybridized carbons (Fsp3) is 1.00. The van der Waals surface area contributed by atoms with Crippen molar-refractivity contribution in [3.8, 4) is 0 Å². The minimum Gasteiger partial charge on any atom is -0.329 e. The van der Waals surface area contributed by atoms with Gasteiger partial charge in [-0.2, -0.15) is 0 Å². The van der Waals surface area contributed by atoms with Gasteiger partial charge in [0.2, 0.25) is 0 Å². The summed E-state index contributed by atoms with van der Waals surface area (Å²) in [5, 5.41) is 0. The summed E-state index contributed by atoms with van der Waals surface area (Å²) < 4.78 is 0. The predicted octanol–water partition coefficient (Wildman–Crippen LogP) is 3.80. The first-order valence-corrected chi connectivity index (χ1v) is 7.52. The van der Waals surface area contributed by atoms with E-state index in [-0.39, 0.29) is 5.54 Å². The molecule has 2 heteroatoms. The van der Waals surface area contributed by atoms with Gasteiger partial charge in [-0.05, 0) is 33.4 Å². The molecule has 0 saturated heterocycles. The Morgan fingerprint density at radius 1 is 0.941 bits per heavy atom. The Bertz CT molecular complexity index is 170. The van der Waals surface area contributed by atoms with Crippen LogP contribution in [0.1, 0.15) is 72.1 Å². The minimum absolute atomic E-state index is 0.210. The summed E-state index contributed by atoms with van der Waals surface area (Å²) in [6.45, 7) is 8.80. The Labute approximate surface area is 109 Å². The zero-order chi connectivity index (χ0) is 13.1. The molecule has 2 N–H and O–H groups in total. The van der Waals surface area contributed by atoms with Gasteiger partial charge in [0.1, 0.15) is 0 Å². The van der Waals surface area contributed by atoms with E-state index in [1.807, 2.05) is 0 Å². The van der Waals surface area contributed by atoms with Gasteiger partial charge in [0.05, 0.1) is 0 Å². The van der Waals surface area contributed by atoms with E-state index in [2.05, 4.69) is 32.7 Å². The Morgan fingerprint density at radius 2 is 1.53 bits per heavy atom. The van der Waals surface area contributed by atoms with Gasteiger partial charge in [0.15, 0.2) is 0 Å². The lowest BCUT2D eigenvalue weighted by molar-refractivity contribution is 0.128. The molecule has 0 bridgehead atoms. The average Bonchev–Trinajstić information content (AvgIpc) is 2.35. The SMILES string of the molecule is CCCCCCCC(C)(CN)N(C)CCCC. The Kier molecular flexibility index (Phi) is 9.85. The standard InChI is InChI=1S/C15H34N2/c1-5-7-9-10-11-12-15(3,14-16)17(4)13-8-6-2/h5-14,16H2,1-4H3. The molecule has 0 aromatic heterocycles. The van der Waals surface area contributed by atoms with Gasteiger partial charge in [-0.1, -0.05) is 52.4 Å². The zero-order valence-corrected chi connectivity index (χ0v) is 12.6. The largest absolute Gasteiger partial charge is 0.329 e. The Morgan fingerprint density at radius 3 is 2.06 bits per heavy atom. The highest BCUT2D eigenvalue weighted by atomic mass is 15.2. The number of hydrogen-bond donors (Lipinski definition) is 1. The summed E-state index contributed by atoms with van der Waals surface area (Å²) in [5.74, 6) is 0. The number of nitrogens with zero attached hydrogens (tertiary/aromatic N) is 1. The second-order valence-corrected chi connectivity index (χ2v) is 5.64. The van der Waals surface area contributed by atoms with Crippen LogP contribution in [0.5, 0.6) is 0 Å². The highest BCUT2D eigenvalue weighted by Gasteiger charge is 2.26. The van der Waals surface area contributed by atoms with Gasteiger partial charge in [0.25, 0.3) is 0 Å². The van der Waals surface area contributed by atoms with Crippen LogP contribution in [0, 0.1) is 0 Å². The monoisotopic (exact) mass is 242 g/mol. The van der Waals surface area contributed by atoms with Gasteiger partial charge < -0.3 is 5.73 Å². The summed E-state index contributed by atoms with van der Waals surface area (Å²) in [5.41, 5.74) is 6.19. The first-order chi connectivity index (χ1) is 8.10. The molecule has 0 saturated carbocycles. The van der Waals surface area contributed by atoms with Crippen molar-refractivity contribution in [2.24, 2.45) is 5.73 Å². The summed E-state index contributed by atoms with van der Waals surface area (Å²) >= 11 is 0. The van der Waals surface area contributed by atoms with Gasteiger partial charge in [-0.15, -0.1) is 0 Å². The fourth-order valence-electron chi connectivity index (χ4n) is 2.22. The van der Waals surface area contributed by atoms with Crippen molar-refractivity contribution >= 4 is 0 Å². The van der Waals surface area contributed by atoms with Crippen LogP contribution in [0.4, 0.5) is 0 Å². The van der Waals surface area contributed by atoms with Crippen LogP contribution >= 0.6 is 0 Å². The number of likely N-dealkylation sites (N-methyl/N-ethyl adjacent to an activating group) is 1. The van der Waals surface area contributed by atoms with Crippen molar-refractivity contribution < 1.29 is 0 Å². The van der Waals surface area contributed by atoms with Crippen molar-refractivity contribution in [1.29, 1.82) is 0 Å². The van der Waals surface area contributed by atoms with Crippen LogP contribution < -0.4 is 5.73 Å². The molecule has 0 fully saturated rings. The normalized spacial score (nSPS) is 15.2. The van der Waals surface area contributed by atoms with Crippen LogP contribution in [0.2, 0.25) is 0 Å². The maximum absolute atomic E-state index is 5.98. The molecule has 1 unspecified atom stereocenters. The van der Waals surface area contributed by atoms with Crippen molar-refractivity contribution in [2.45, 2.75) is 77.7 Å². The third-order valence-corrected chi connectivity index (χ3v) is 4.03. The van der Waals surface area contributed by atoms with Crippen molar-refractivity contribution in [2.75, 3.05) is 20.1 Å². The molecular formula is C15H34N2. The fourth-order valence-corrected chi connectivity index (χ4v) is 2.22. The number of rotatable bonds is 11. The van der Waals surface area contributed by atoms with Crippen LogP contribution in [0.25, 0.3) is 0 Å². The molecule has 2 nitrogen and oxygen atoms in total. The van der Waals surface area contributed by atoms with Gasteiger partial charge in [-0.25, -0.2) is 0 Å². The number of hydrogen-bond acceptors (Lipinski definition) is 2. The van der Waals surface area contributed by atoms with E-state index in [1.165, 1.54) is 57.9 Å². The van der Waals surface area contributed by atoms with E-state index in [0.29, 0.717) is 0 Å². The van der Waals surface area contributed by atoms with E-state index >= 15 is 0 Å². The lowest BCUT2D eigenvalue weighted by Crippen LogP contribution is -2.49. The second kappa shape index (κ2) is 9.90. The quantitative estimate of drug-likeness (QED) is 0.558. The lowest BCUT2D eigenvalue weighted by atomic mass is 9.92. The van der Waals surface area contributed by atoms with Gasteiger partial charge >= 0.3 is 0 Å². The van der Waals surface area contributed by atoms with Crippen molar-refractivity contribution in [3.05, 3.63) is 0 Å². The highest BCUT2D eigenvalue weighted by Crippen LogP contribution is 2.21. The van der Waals surface area contributed by atoms with E-state index < -0.39 is 0 Å². The van der Waals surface area contributed by atoms with E-state index in [4.69, 9.17) is 5.73 Å². The molecular weight excluding hydrogens is 208 g/mol. The first kappa shape index (κ1) is 16.9. The van der Waals surface area contributed by atoms with E-state index in [0.717, 1.165) is 6.54 Å². The summed E-state index contributed by atoms with van der Waals surface area (Å²) in [6, 6.07) is 0. The van der Waals surface area contributed by atoms with Crippen LogP contribution in [-0.2, 0) is 0 Å². The highest BCUT2D eigenvalue weighted by molar-refractivity contribution is 4.85. The molecule has 0 aromatic carbocycles. The molecule has 0 aliphatic heterocycles. The van der Waals surface area contributed by atoms with Crippen LogP contribution in [-0.4, -0.2) is 30.6 Å². The average molecular weight is 242 g/mol. The lowest BCUT2D eigenvalue weighted by Gasteiger charge is -2.38. The number of nitrogens with two attached hydrogens (primary N) is 1. The summed E-state index contributed by atoms with van der Waals surface area (Å²) in [6.07, 6.45) is 10.6. The topological polar surface area (TPSA) is 29.3 Å². The zero-order valence-electron chi connectivity index (χ0n) is 12.6. The molecule has 0 amide bonds. The van der Waals surface area contributed by atoms with Crippen LogP contribution in [0.3, 0.4) is 0 Å². The molecule has 17 heavy (non-hydrogen) atoms. The Balaban J connectivity index is 3.90. The molecule has 0 aliphatic carbocycles. The Hall–Kier alpha value is -0.0800. The molecule has 0 aliphatic rings. The third kappa shape index (κ3) is 7.05.